The Labute approximate surface area is 112 Å². The Bertz CT molecular complexity index is 423. The van der Waals surface area contributed by atoms with Gasteiger partial charge in [-0.2, -0.15) is 0 Å². The summed E-state index contributed by atoms with van der Waals surface area (Å²) in [5.41, 5.74) is 0.509. The van der Waals surface area contributed by atoms with Crippen molar-refractivity contribution in [3.63, 3.8) is 0 Å². The average molecular weight is 269 g/mol. The zero-order valence-electron chi connectivity index (χ0n) is 10.5. The third-order valence-corrected chi connectivity index (χ3v) is 2.96. The Balaban J connectivity index is 2.72. The van der Waals surface area contributed by atoms with Crippen LogP contribution in [0.3, 0.4) is 0 Å². The Hall–Kier alpha value is -1.35. The van der Waals surface area contributed by atoms with Crippen molar-refractivity contribution >= 4 is 23.4 Å². The van der Waals surface area contributed by atoms with E-state index in [-0.39, 0.29) is 18.1 Å². The number of hydrogen-bond acceptors (Lipinski definition) is 2. The summed E-state index contributed by atoms with van der Waals surface area (Å²) in [7, 11) is 0. The molecule has 0 aliphatic heterocycles. The molecule has 1 atom stereocenters. The molecule has 3 nitrogen and oxygen atoms in total. The number of halogens is 1. The van der Waals surface area contributed by atoms with Crippen LogP contribution in [0.25, 0.3) is 0 Å². The molecule has 0 amide bonds. The number of ketones is 1. The molecule has 0 fully saturated rings. The zero-order valence-corrected chi connectivity index (χ0v) is 11.3. The number of carboxylic acid groups (broad SMARTS) is 1. The van der Waals surface area contributed by atoms with E-state index in [9.17, 15) is 9.59 Å². The summed E-state index contributed by atoms with van der Waals surface area (Å²) in [6, 6.07) is 6.51. The molecule has 0 heterocycles. The van der Waals surface area contributed by atoms with Gasteiger partial charge < -0.3 is 5.11 Å². The molecule has 1 unspecified atom stereocenters. The lowest BCUT2D eigenvalue weighted by molar-refractivity contribution is -0.142. The monoisotopic (exact) mass is 268 g/mol. The minimum atomic E-state index is -0.911. The second-order valence-electron chi connectivity index (χ2n) is 4.80. The lowest BCUT2D eigenvalue weighted by Crippen LogP contribution is -2.20. The minimum absolute atomic E-state index is 0.0369. The number of Topliss-reactive ketones (excluding diaryl/α,β-unsaturated/α-hetero) is 1. The van der Waals surface area contributed by atoms with Crippen LogP contribution < -0.4 is 0 Å². The lowest BCUT2D eigenvalue weighted by atomic mass is 9.91. The number of benzene rings is 1. The first-order chi connectivity index (χ1) is 8.40. The molecule has 18 heavy (non-hydrogen) atoms. The lowest BCUT2D eigenvalue weighted by Gasteiger charge is -2.13. The molecular formula is C14H17ClO3. The van der Waals surface area contributed by atoms with E-state index in [4.69, 9.17) is 16.7 Å². The molecule has 0 spiro atoms. The van der Waals surface area contributed by atoms with Gasteiger partial charge in [-0.15, -0.1) is 0 Å². The molecule has 1 N–H and O–H groups in total. The van der Waals surface area contributed by atoms with Gasteiger partial charge in [0.25, 0.3) is 0 Å². The molecule has 0 bridgehead atoms. The van der Waals surface area contributed by atoms with E-state index in [1.165, 1.54) is 0 Å². The predicted molar refractivity (Wildman–Crippen MR) is 71.0 cm³/mol. The van der Waals surface area contributed by atoms with Crippen molar-refractivity contribution < 1.29 is 14.7 Å². The van der Waals surface area contributed by atoms with Crippen LogP contribution in [0.4, 0.5) is 0 Å². The van der Waals surface area contributed by atoms with Crippen molar-refractivity contribution in [2.24, 2.45) is 11.8 Å². The maximum absolute atomic E-state index is 11.9. The van der Waals surface area contributed by atoms with Gasteiger partial charge in [0.2, 0.25) is 0 Å². The Morgan fingerprint density at radius 2 is 1.78 bits per heavy atom. The quantitative estimate of drug-likeness (QED) is 0.801. The van der Waals surface area contributed by atoms with Crippen LogP contribution in [-0.4, -0.2) is 16.9 Å². The average Bonchev–Trinajstić information content (AvgIpc) is 2.28. The van der Waals surface area contributed by atoms with Crippen LogP contribution in [-0.2, 0) is 4.79 Å². The van der Waals surface area contributed by atoms with E-state index in [1.54, 1.807) is 24.3 Å². The summed E-state index contributed by atoms with van der Waals surface area (Å²) in [4.78, 5) is 23.0. The third kappa shape index (κ3) is 4.49. The number of hydrogen-bond donors (Lipinski definition) is 1. The molecule has 98 valence electrons. The van der Waals surface area contributed by atoms with Crippen LogP contribution in [0.5, 0.6) is 0 Å². The fraction of sp³-hybridized carbons (Fsp3) is 0.429. The number of carbonyl (C=O) groups is 2. The van der Waals surface area contributed by atoms with Crippen molar-refractivity contribution in [2.75, 3.05) is 0 Å². The molecule has 0 aliphatic carbocycles. The van der Waals surface area contributed by atoms with E-state index < -0.39 is 11.9 Å². The van der Waals surface area contributed by atoms with Crippen molar-refractivity contribution in [1.82, 2.24) is 0 Å². The fourth-order valence-corrected chi connectivity index (χ4v) is 1.94. The molecule has 0 radical (unpaired) electrons. The Kier molecular flexibility index (Phi) is 5.35. The molecule has 4 heteroatoms. The van der Waals surface area contributed by atoms with Gasteiger partial charge >= 0.3 is 5.97 Å². The third-order valence-electron chi connectivity index (χ3n) is 2.70. The van der Waals surface area contributed by atoms with Gasteiger partial charge in [0.05, 0.1) is 5.92 Å². The summed E-state index contributed by atoms with van der Waals surface area (Å²) >= 11 is 5.74. The fourth-order valence-electron chi connectivity index (χ4n) is 1.82. The van der Waals surface area contributed by atoms with Gasteiger partial charge in [-0.05, 0) is 36.6 Å². The summed E-state index contributed by atoms with van der Waals surface area (Å²) in [6.45, 7) is 3.89. The van der Waals surface area contributed by atoms with Crippen molar-refractivity contribution in [1.29, 1.82) is 0 Å². The van der Waals surface area contributed by atoms with Gasteiger partial charge in [-0.3, -0.25) is 9.59 Å². The van der Waals surface area contributed by atoms with E-state index in [2.05, 4.69) is 0 Å². The standard InChI is InChI=1S/C14H17ClO3/c1-9(2)7-11(14(17)18)8-13(16)10-3-5-12(15)6-4-10/h3-6,9,11H,7-8H2,1-2H3,(H,17,18). The normalized spacial score (nSPS) is 12.4. The number of rotatable bonds is 6. The summed E-state index contributed by atoms with van der Waals surface area (Å²) in [6.07, 6.45) is 0.545. The van der Waals surface area contributed by atoms with Crippen molar-refractivity contribution in [3.8, 4) is 0 Å². The van der Waals surface area contributed by atoms with Gasteiger partial charge in [-0.25, -0.2) is 0 Å². The molecule has 0 saturated heterocycles. The van der Waals surface area contributed by atoms with E-state index >= 15 is 0 Å². The van der Waals surface area contributed by atoms with Gasteiger partial charge in [-0.1, -0.05) is 25.4 Å². The van der Waals surface area contributed by atoms with Crippen LogP contribution in [0.15, 0.2) is 24.3 Å². The largest absolute Gasteiger partial charge is 0.481 e. The van der Waals surface area contributed by atoms with Gasteiger partial charge in [0, 0.05) is 17.0 Å². The Morgan fingerprint density at radius 1 is 1.22 bits per heavy atom. The van der Waals surface area contributed by atoms with Crippen LogP contribution >= 0.6 is 11.6 Å². The van der Waals surface area contributed by atoms with Gasteiger partial charge in [0.15, 0.2) is 5.78 Å². The first-order valence-corrected chi connectivity index (χ1v) is 6.29. The summed E-state index contributed by atoms with van der Waals surface area (Å²) in [5, 5.41) is 9.65. The van der Waals surface area contributed by atoms with Crippen molar-refractivity contribution in [3.05, 3.63) is 34.9 Å². The minimum Gasteiger partial charge on any atom is -0.481 e. The molecule has 0 saturated carbocycles. The number of aliphatic carboxylic acids is 1. The summed E-state index contributed by atoms with van der Waals surface area (Å²) in [5.74, 6) is -1.43. The summed E-state index contributed by atoms with van der Waals surface area (Å²) < 4.78 is 0. The highest BCUT2D eigenvalue weighted by Gasteiger charge is 2.22. The molecular weight excluding hydrogens is 252 g/mol. The molecule has 1 rings (SSSR count). The SMILES string of the molecule is CC(C)CC(CC(=O)c1ccc(Cl)cc1)C(=O)O. The smallest absolute Gasteiger partial charge is 0.306 e. The Morgan fingerprint density at radius 3 is 2.22 bits per heavy atom. The highest BCUT2D eigenvalue weighted by Crippen LogP contribution is 2.19. The predicted octanol–water partition coefficient (Wildman–Crippen LogP) is 3.66. The van der Waals surface area contributed by atoms with E-state index in [0.717, 1.165) is 0 Å². The number of carboxylic acids is 1. The highest BCUT2D eigenvalue weighted by atomic mass is 35.5. The molecule has 0 aromatic heterocycles. The first-order valence-electron chi connectivity index (χ1n) is 5.91. The maximum atomic E-state index is 11.9. The second-order valence-corrected chi connectivity index (χ2v) is 5.24. The first kappa shape index (κ1) is 14.7. The topological polar surface area (TPSA) is 54.4 Å². The maximum Gasteiger partial charge on any atom is 0.306 e. The van der Waals surface area contributed by atoms with Gasteiger partial charge in [0.1, 0.15) is 0 Å². The van der Waals surface area contributed by atoms with Crippen LogP contribution in [0, 0.1) is 11.8 Å². The second kappa shape index (κ2) is 6.55. The molecule has 1 aromatic carbocycles. The van der Waals surface area contributed by atoms with Crippen LogP contribution in [0.2, 0.25) is 5.02 Å². The zero-order chi connectivity index (χ0) is 13.7. The van der Waals surface area contributed by atoms with Crippen molar-refractivity contribution in [2.45, 2.75) is 26.7 Å². The number of carbonyl (C=O) groups excluding carboxylic acids is 1. The highest BCUT2D eigenvalue weighted by molar-refractivity contribution is 6.30. The van der Waals surface area contributed by atoms with Crippen LogP contribution in [0.1, 0.15) is 37.0 Å². The molecule has 0 aliphatic rings. The van der Waals surface area contributed by atoms with E-state index in [1.807, 2.05) is 13.8 Å². The van der Waals surface area contributed by atoms with E-state index in [0.29, 0.717) is 17.0 Å². The molecule has 1 aromatic rings.